The molecule has 0 aromatic carbocycles. The van der Waals surface area contributed by atoms with E-state index in [0.29, 0.717) is 18.3 Å². The van der Waals surface area contributed by atoms with Gasteiger partial charge >= 0.3 is 0 Å². The molecule has 17 atom stereocenters. The third-order valence-corrected chi connectivity index (χ3v) is 13.3. The van der Waals surface area contributed by atoms with Crippen LogP contribution < -0.4 is 0 Å². The molecule has 8 nitrogen and oxygen atoms in total. The van der Waals surface area contributed by atoms with E-state index in [0.717, 1.165) is 44.9 Å². The maximum absolute atomic E-state index is 12.3. The first-order valence-corrected chi connectivity index (χ1v) is 17.2. The molecular weight excluding hydrogens is 548 g/mol. The SMILES string of the molecule is CCC(C(C)C)C(O)CC(C)C1C(OC2OC(C)C(O)C(O)C2O)C(O)C2C3CC=C4CC(O)CCC4(C)C3CCC21C. The summed E-state index contributed by atoms with van der Waals surface area (Å²) in [5.41, 5.74) is 1.14. The highest BCUT2D eigenvalue weighted by Crippen LogP contribution is 2.68. The molecule has 0 spiro atoms. The molecule has 248 valence electrons. The van der Waals surface area contributed by atoms with E-state index in [1.165, 1.54) is 5.57 Å². The molecule has 1 heterocycles. The van der Waals surface area contributed by atoms with Crippen molar-refractivity contribution in [2.45, 2.75) is 155 Å². The number of aliphatic hydroxyl groups excluding tert-OH is 6. The minimum Gasteiger partial charge on any atom is -0.393 e. The predicted molar refractivity (Wildman–Crippen MR) is 164 cm³/mol. The van der Waals surface area contributed by atoms with Crippen molar-refractivity contribution in [1.82, 2.24) is 0 Å². The molecule has 3 saturated carbocycles. The molecule has 1 saturated heterocycles. The van der Waals surface area contributed by atoms with Gasteiger partial charge in [0.2, 0.25) is 0 Å². The molecule has 5 rings (SSSR count). The summed E-state index contributed by atoms with van der Waals surface area (Å²) in [6.07, 6.45) is 0.977. The zero-order valence-electron chi connectivity index (χ0n) is 27.5. The van der Waals surface area contributed by atoms with E-state index in [1.807, 2.05) is 0 Å². The number of ether oxygens (including phenoxy) is 2. The lowest BCUT2D eigenvalue weighted by Crippen LogP contribution is -2.58. The molecule has 0 aromatic rings. The van der Waals surface area contributed by atoms with Crippen molar-refractivity contribution in [3.8, 4) is 0 Å². The molecule has 1 aliphatic heterocycles. The van der Waals surface area contributed by atoms with Gasteiger partial charge < -0.3 is 40.1 Å². The topological polar surface area (TPSA) is 140 Å². The summed E-state index contributed by atoms with van der Waals surface area (Å²) in [4.78, 5) is 0. The van der Waals surface area contributed by atoms with Crippen molar-refractivity contribution in [2.24, 2.45) is 52.3 Å². The minimum atomic E-state index is -1.44. The fourth-order valence-electron chi connectivity index (χ4n) is 11.1. The number of hydrogen-bond acceptors (Lipinski definition) is 8. The van der Waals surface area contributed by atoms with Gasteiger partial charge in [-0.25, -0.2) is 0 Å². The molecule has 17 unspecified atom stereocenters. The van der Waals surface area contributed by atoms with E-state index in [1.54, 1.807) is 6.92 Å². The Kier molecular flexibility index (Phi) is 9.86. The first-order chi connectivity index (χ1) is 20.1. The molecule has 0 amide bonds. The van der Waals surface area contributed by atoms with Crippen molar-refractivity contribution >= 4 is 0 Å². The smallest absolute Gasteiger partial charge is 0.186 e. The third-order valence-electron chi connectivity index (χ3n) is 13.3. The van der Waals surface area contributed by atoms with Crippen LogP contribution in [0.5, 0.6) is 0 Å². The van der Waals surface area contributed by atoms with E-state index < -0.39 is 49.0 Å². The summed E-state index contributed by atoms with van der Waals surface area (Å²) in [5.74, 6) is 1.08. The van der Waals surface area contributed by atoms with Crippen LogP contribution in [0.2, 0.25) is 0 Å². The number of hydrogen-bond donors (Lipinski definition) is 6. The predicted octanol–water partition coefficient (Wildman–Crippen LogP) is 3.79. The fraction of sp³-hybridized carbons (Fsp3) is 0.943. The molecule has 4 aliphatic carbocycles. The summed E-state index contributed by atoms with van der Waals surface area (Å²) in [6, 6.07) is 0. The Balaban J connectivity index is 1.49. The molecule has 0 radical (unpaired) electrons. The molecule has 5 aliphatic rings. The molecule has 0 bridgehead atoms. The Morgan fingerprint density at radius 3 is 2.33 bits per heavy atom. The van der Waals surface area contributed by atoms with Gasteiger partial charge in [-0.05, 0) is 104 Å². The Bertz CT molecular complexity index is 1000. The quantitative estimate of drug-likeness (QED) is 0.229. The van der Waals surface area contributed by atoms with Crippen LogP contribution in [0.1, 0.15) is 99.8 Å². The maximum atomic E-state index is 12.3. The Labute approximate surface area is 258 Å². The third kappa shape index (κ3) is 5.68. The molecular formula is C35H60O8. The Morgan fingerprint density at radius 1 is 0.977 bits per heavy atom. The summed E-state index contributed by atoms with van der Waals surface area (Å²) in [5, 5.41) is 65.9. The largest absolute Gasteiger partial charge is 0.393 e. The van der Waals surface area contributed by atoms with E-state index in [2.05, 4.69) is 47.6 Å². The minimum absolute atomic E-state index is 0.0173. The number of rotatable bonds is 8. The second kappa shape index (κ2) is 12.6. The van der Waals surface area contributed by atoms with Crippen LogP contribution in [0.15, 0.2) is 11.6 Å². The van der Waals surface area contributed by atoms with Crippen molar-refractivity contribution in [1.29, 1.82) is 0 Å². The van der Waals surface area contributed by atoms with Crippen LogP contribution >= 0.6 is 0 Å². The van der Waals surface area contributed by atoms with Crippen LogP contribution in [-0.2, 0) is 9.47 Å². The summed E-state index contributed by atoms with van der Waals surface area (Å²) >= 11 is 0. The van der Waals surface area contributed by atoms with Crippen LogP contribution in [0.4, 0.5) is 0 Å². The van der Waals surface area contributed by atoms with E-state index in [4.69, 9.17) is 9.47 Å². The monoisotopic (exact) mass is 608 g/mol. The van der Waals surface area contributed by atoms with Gasteiger partial charge in [0.05, 0.1) is 30.5 Å². The van der Waals surface area contributed by atoms with Crippen molar-refractivity contribution < 1.29 is 40.1 Å². The Morgan fingerprint density at radius 2 is 1.67 bits per heavy atom. The van der Waals surface area contributed by atoms with E-state index in [9.17, 15) is 30.6 Å². The highest BCUT2D eigenvalue weighted by Gasteiger charge is 2.66. The summed E-state index contributed by atoms with van der Waals surface area (Å²) in [7, 11) is 0. The van der Waals surface area contributed by atoms with Gasteiger partial charge in [-0.15, -0.1) is 0 Å². The highest BCUT2D eigenvalue weighted by atomic mass is 16.7. The lowest BCUT2D eigenvalue weighted by Gasteiger charge is -2.58. The molecule has 4 fully saturated rings. The van der Waals surface area contributed by atoms with Crippen LogP contribution in [0.3, 0.4) is 0 Å². The zero-order chi connectivity index (χ0) is 31.6. The van der Waals surface area contributed by atoms with Gasteiger partial charge in [0, 0.05) is 0 Å². The number of fused-ring (bicyclic) bond motifs is 5. The number of allylic oxidation sites excluding steroid dienone is 1. The van der Waals surface area contributed by atoms with Crippen molar-refractivity contribution in [3.63, 3.8) is 0 Å². The van der Waals surface area contributed by atoms with Crippen LogP contribution in [-0.4, -0.2) is 85.8 Å². The molecule has 6 N–H and O–H groups in total. The number of aliphatic hydroxyl groups is 6. The zero-order valence-corrected chi connectivity index (χ0v) is 27.5. The average Bonchev–Trinajstić information content (AvgIpc) is 3.16. The first-order valence-electron chi connectivity index (χ1n) is 17.2. The van der Waals surface area contributed by atoms with Gasteiger partial charge in [-0.3, -0.25) is 0 Å². The first kappa shape index (κ1) is 33.8. The molecule has 8 heteroatoms. The van der Waals surface area contributed by atoms with Gasteiger partial charge in [0.15, 0.2) is 6.29 Å². The van der Waals surface area contributed by atoms with Gasteiger partial charge in [-0.2, -0.15) is 0 Å². The summed E-state index contributed by atoms with van der Waals surface area (Å²) in [6.45, 7) is 14.9. The normalized spacial score (nSPS) is 50.3. The summed E-state index contributed by atoms with van der Waals surface area (Å²) < 4.78 is 12.5. The molecule has 43 heavy (non-hydrogen) atoms. The van der Waals surface area contributed by atoms with Gasteiger partial charge in [0.25, 0.3) is 0 Å². The second-order valence-electron chi connectivity index (χ2n) is 16.0. The fourth-order valence-corrected chi connectivity index (χ4v) is 11.1. The average molecular weight is 609 g/mol. The highest BCUT2D eigenvalue weighted by molar-refractivity contribution is 5.26. The lowest BCUT2D eigenvalue weighted by atomic mass is 9.46. The van der Waals surface area contributed by atoms with Crippen molar-refractivity contribution in [3.05, 3.63) is 11.6 Å². The Hall–Kier alpha value is -0.580. The van der Waals surface area contributed by atoms with Crippen molar-refractivity contribution in [2.75, 3.05) is 0 Å². The second-order valence-corrected chi connectivity index (χ2v) is 16.0. The lowest BCUT2D eigenvalue weighted by molar-refractivity contribution is -0.314. The van der Waals surface area contributed by atoms with Crippen LogP contribution in [0, 0.1) is 52.3 Å². The maximum Gasteiger partial charge on any atom is 0.186 e. The van der Waals surface area contributed by atoms with Crippen LogP contribution in [0.25, 0.3) is 0 Å². The van der Waals surface area contributed by atoms with Gasteiger partial charge in [-0.1, -0.05) is 59.6 Å². The van der Waals surface area contributed by atoms with Gasteiger partial charge in [0.1, 0.15) is 18.3 Å². The standard InChI is InChI=1S/C35H60O8/c1-8-22(17(2)3)25(37)15-18(4)26-32(43-33-31(41)30(40)28(38)19(5)42-33)29(39)27-23-10-9-20-16-21(36)11-13-34(20,6)24(23)12-14-35(26,27)7/h9,17-19,21-33,36-41H,8,10-16H2,1-7H3. The van der Waals surface area contributed by atoms with E-state index >= 15 is 0 Å². The van der Waals surface area contributed by atoms with E-state index in [-0.39, 0.29) is 46.5 Å². The molecule has 0 aromatic heterocycles.